The van der Waals surface area contributed by atoms with Gasteiger partial charge in [0.05, 0.1) is 6.54 Å². The summed E-state index contributed by atoms with van der Waals surface area (Å²) in [7, 11) is 1.53. The van der Waals surface area contributed by atoms with Gasteiger partial charge in [-0.1, -0.05) is 11.3 Å². The zero-order valence-corrected chi connectivity index (χ0v) is 12.1. The van der Waals surface area contributed by atoms with Crippen molar-refractivity contribution in [2.45, 2.75) is 13.8 Å². The quantitative estimate of drug-likeness (QED) is 0.701. The average Bonchev–Trinajstić information content (AvgIpc) is 2.76. The van der Waals surface area contributed by atoms with Crippen molar-refractivity contribution >= 4 is 34.1 Å². The lowest BCUT2D eigenvalue weighted by atomic mass is 10.3. The first-order valence-corrected chi connectivity index (χ1v) is 6.85. The van der Waals surface area contributed by atoms with E-state index in [-0.39, 0.29) is 24.2 Å². The molecule has 7 nitrogen and oxygen atoms in total. The van der Waals surface area contributed by atoms with Gasteiger partial charge in [-0.25, -0.2) is 4.98 Å². The van der Waals surface area contributed by atoms with Gasteiger partial charge in [0.1, 0.15) is 10.7 Å². The summed E-state index contributed by atoms with van der Waals surface area (Å²) < 4.78 is 0. The molecule has 8 heteroatoms. The van der Waals surface area contributed by atoms with Gasteiger partial charge in [-0.05, 0) is 13.8 Å². The Kier molecular flexibility index (Phi) is 5.56. The topological polar surface area (TPSA) is 100 Å². The van der Waals surface area contributed by atoms with Crippen molar-refractivity contribution in [2.75, 3.05) is 37.7 Å². The van der Waals surface area contributed by atoms with Crippen LogP contribution in [0.5, 0.6) is 0 Å². The standard InChI is InChI=1S/C11H19N5O2S/c1-4-14-11-15-9(12)8(19-11)10(18)16(5-2)6-7(17)13-3/h4-6,12H2,1-3H3,(H,13,17)(H,14,15). The van der Waals surface area contributed by atoms with Crippen LogP contribution in [0.25, 0.3) is 0 Å². The highest BCUT2D eigenvalue weighted by molar-refractivity contribution is 7.18. The number of amides is 2. The molecule has 0 aliphatic carbocycles. The summed E-state index contributed by atoms with van der Waals surface area (Å²) in [6, 6.07) is 0. The van der Waals surface area contributed by atoms with Crippen LogP contribution in [0.4, 0.5) is 10.9 Å². The number of hydrogen-bond acceptors (Lipinski definition) is 6. The first-order chi connectivity index (χ1) is 9.03. The minimum Gasteiger partial charge on any atom is -0.382 e. The maximum absolute atomic E-state index is 12.3. The molecule has 0 atom stereocenters. The Morgan fingerprint density at radius 2 is 2.11 bits per heavy atom. The highest BCUT2D eigenvalue weighted by Gasteiger charge is 2.22. The lowest BCUT2D eigenvalue weighted by Crippen LogP contribution is -2.39. The molecule has 0 saturated carbocycles. The van der Waals surface area contributed by atoms with Gasteiger partial charge in [0.25, 0.3) is 5.91 Å². The summed E-state index contributed by atoms with van der Waals surface area (Å²) in [5.41, 5.74) is 5.74. The molecule has 0 saturated heterocycles. The summed E-state index contributed by atoms with van der Waals surface area (Å²) in [6.45, 7) is 4.89. The van der Waals surface area contributed by atoms with Crippen LogP contribution in [0.1, 0.15) is 23.5 Å². The van der Waals surface area contributed by atoms with Gasteiger partial charge in [0.15, 0.2) is 5.13 Å². The minimum atomic E-state index is -0.273. The largest absolute Gasteiger partial charge is 0.382 e. The van der Waals surface area contributed by atoms with E-state index < -0.39 is 0 Å². The number of rotatable bonds is 6. The summed E-state index contributed by atoms with van der Waals surface area (Å²) in [5, 5.41) is 6.11. The lowest BCUT2D eigenvalue weighted by molar-refractivity contribution is -0.121. The van der Waals surface area contributed by atoms with E-state index in [0.29, 0.717) is 23.1 Å². The van der Waals surface area contributed by atoms with Crippen molar-refractivity contribution in [1.29, 1.82) is 0 Å². The SMILES string of the molecule is CCNc1nc(N)c(C(=O)N(CC)CC(=O)NC)s1. The molecule has 19 heavy (non-hydrogen) atoms. The fraction of sp³-hybridized carbons (Fsp3) is 0.545. The van der Waals surface area contributed by atoms with E-state index in [9.17, 15) is 9.59 Å². The van der Waals surface area contributed by atoms with Gasteiger partial charge in [0, 0.05) is 20.1 Å². The number of carbonyl (C=O) groups is 2. The normalized spacial score (nSPS) is 10.1. The van der Waals surface area contributed by atoms with Gasteiger partial charge in [-0.3, -0.25) is 9.59 Å². The molecular weight excluding hydrogens is 266 g/mol. The number of carbonyl (C=O) groups excluding carboxylic acids is 2. The Balaban J connectivity index is 2.87. The zero-order chi connectivity index (χ0) is 14.4. The van der Waals surface area contributed by atoms with E-state index in [1.807, 2.05) is 13.8 Å². The molecule has 4 N–H and O–H groups in total. The predicted molar refractivity (Wildman–Crippen MR) is 76.3 cm³/mol. The smallest absolute Gasteiger partial charge is 0.268 e. The fourth-order valence-corrected chi connectivity index (χ4v) is 2.36. The Labute approximate surface area is 116 Å². The molecule has 0 spiro atoms. The molecule has 0 fully saturated rings. The van der Waals surface area contributed by atoms with Crippen LogP contribution in [-0.4, -0.2) is 48.4 Å². The first kappa shape index (κ1) is 15.2. The maximum atomic E-state index is 12.3. The van der Waals surface area contributed by atoms with Gasteiger partial charge in [0.2, 0.25) is 5.91 Å². The number of aromatic nitrogens is 1. The lowest BCUT2D eigenvalue weighted by Gasteiger charge is -2.18. The average molecular weight is 285 g/mol. The van der Waals surface area contributed by atoms with Gasteiger partial charge < -0.3 is 21.3 Å². The van der Waals surface area contributed by atoms with Crippen LogP contribution >= 0.6 is 11.3 Å². The molecular formula is C11H19N5O2S. The third kappa shape index (κ3) is 3.82. The molecule has 0 aliphatic rings. The van der Waals surface area contributed by atoms with E-state index >= 15 is 0 Å². The molecule has 0 radical (unpaired) electrons. The summed E-state index contributed by atoms with van der Waals surface area (Å²) >= 11 is 1.20. The first-order valence-electron chi connectivity index (χ1n) is 6.03. The predicted octanol–water partition coefficient (Wildman–Crippen LogP) is 0.365. The van der Waals surface area contributed by atoms with E-state index in [0.717, 1.165) is 0 Å². The van der Waals surface area contributed by atoms with E-state index in [1.54, 1.807) is 0 Å². The second kappa shape index (κ2) is 6.93. The van der Waals surface area contributed by atoms with Crippen LogP contribution in [-0.2, 0) is 4.79 Å². The van der Waals surface area contributed by atoms with Crippen molar-refractivity contribution < 1.29 is 9.59 Å². The van der Waals surface area contributed by atoms with Crippen LogP contribution in [0.2, 0.25) is 0 Å². The molecule has 0 aromatic carbocycles. The van der Waals surface area contributed by atoms with Crippen LogP contribution < -0.4 is 16.4 Å². The highest BCUT2D eigenvalue weighted by Crippen LogP contribution is 2.26. The fourth-order valence-electron chi connectivity index (χ4n) is 1.44. The number of thiazole rings is 1. The summed E-state index contributed by atoms with van der Waals surface area (Å²) in [4.78, 5) is 29.5. The second-order valence-electron chi connectivity index (χ2n) is 3.76. The van der Waals surface area contributed by atoms with Crippen molar-refractivity contribution in [2.24, 2.45) is 0 Å². The van der Waals surface area contributed by atoms with E-state index in [1.165, 1.54) is 23.3 Å². The van der Waals surface area contributed by atoms with Crippen molar-refractivity contribution in [3.63, 3.8) is 0 Å². The highest BCUT2D eigenvalue weighted by atomic mass is 32.1. The Bertz CT molecular complexity index is 460. The van der Waals surface area contributed by atoms with E-state index in [2.05, 4.69) is 15.6 Å². The Morgan fingerprint density at radius 3 is 2.63 bits per heavy atom. The molecule has 1 aromatic rings. The monoisotopic (exact) mass is 285 g/mol. The number of anilines is 2. The number of hydrogen-bond donors (Lipinski definition) is 3. The van der Waals surface area contributed by atoms with Crippen LogP contribution in [0.15, 0.2) is 0 Å². The third-order valence-corrected chi connectivity index (χ3v) is 3.47. The minimum absolute atomic E-state index is 0.0136. The molecule has 0 aliphatic heterocycles. The summed E-state index contributed by atoms with van der Waals surface area (Å²) in [6.07, 6.45) is 0. The molecule has 1 aromatic heterocycles. The maximum Gasteiger partial charge on any atom is 0.268 e. The van der Waals surface area contributed by atoms with Crippen molar-refractivity contribution in [3.8, 4) is 0 Å². The molecule has 0 unspecified atom stereocenters. The van der Waals surface area contributed by atoms with Crippen molar-refractivity contribution in [3.05, 3.63) is 4.88 Å². The number of likely N-dealkylation sites (N-methyl/N-ethyl adjacent to an activating group) is 2. The third-order valence-electron chi connectivity index (χ3n) is 2.46. The molecule has 2 amide bonds. The van der Waals surface area contributed by atoms with E-state index in [4.69, 9.17) is 5.73 Å². The zero-order valence-electron chi connectivity index (χ0n) is 11.3. The number of nitrogen functional groups attached to an aromatic ring is 1. The number of nitrogens with two attached hydrogens (primary N) is 1. The molecule has 106 valence electrons. The molecule has 1 rings (SSSR count). The van der Waals surface area contributed by atoms with Crippen LogP contribution in [0, 0.1) is 0 Å². The van der Waals surface area contributed by atoms with Crippen molar-refractivity contribution in [1.82, 2.24) is 15.2 Å². The van der Waals surface area contributed by atoms with Gasteiger partial charge >= 0.3 is 0 Å². The second-order valence-corrected chi connectivity index (χ2v) is 4.76. The van der Waals surface area contributed by atoms with Crippen LogP contribution in [0.3, 0.4) is 0 Å². The Hall–Kier alpha value is -1.83. The van der Waals surface area contributed by atoms with Gasteiger partial charge in [-0.2, -0.15) is 0 Å². The Morgan fingerprint density at radius 1 is 1.42 bits per heavy atom. The number of nitrogens with one attached hydrogen (secondary N) is 2. The summed E-state index contributed by atoms with van der Waals surface area (Å²) in [5.74, 6) is -0.295. The number of nitrogens with zero attached hydrogens (tertiary/aromatic N) is 2. The molecule has 1 heterocycles. The molecule has 0 bridgehead atoms. The van der Waals surface area contributed by atoms with Gasteiger partial charge in [-0.15, -0.1) is 0 Å².